The number of aromatic nitrogens is 1. The quantitative estimate of drug-likeness (QED) is 0.370. The molecule has 1 amide bonds. The zero-order valence-electron chi connectivity index (χ0n) is 22.7. The molecule has 0 unspecified atom stereocenters. The molecule has 0 bridgehead atoms. The van der Waals surface area contributed by atoms with Crippen molar-refractivity contribution in [2.24, 2.45) is 5.92 Å². The third kappa shape index (κ3) is 5.74. The van der Waals surface area contributed by atoms with Crippen molar-refractivity contribution in [1.82, 2.24) is 14.4 Å². The molecule has 2 N–H and O–H groups in total. The van der Waals surface area contributed by atoms with Gasteiger partial charge in [0.1, 0.15) is 16.0 Å². The van der Waals surface area contributed by atoms with E-state index >= 15 is 0 Å². The number of hydrogen-bond acceptors (Lipinski definition) is 10. The molecule has 1 aliphatic heterocycles. The highest BCUT2D eigenvalue weighted by molar-refractivity contribution is 7.92. The van der Waals surface area contributed by atoms with Crippen LogP contribution >= 0.6 is 11.3 Å². The van der Waals surface area contributed by atoms with E-state index in [9.17, 15) is 26.7 Å². The molecule has 3 heterocycles. The Labute approximate surface area is 237 Å². The first-order valence-corrected chi connectivity index (χ1v) is 16.2. The number of fused-ring (bicyclic) bond motifs is 1. The van der Waals surface area contributed by atoms with Crippen LogP contribution in [0.5, 0.6) is 5.75 Å². The highest BCUT2D eigenvalue weighted by Gasteiger charge is 2.37. The maximum absolute atomic E-state index is 13.7. The maximum Gasteiger partial charge on any atom is 0.267 e. The number of anilines is 1. The molecule has 1 aliphatic rings. The van der Waals surface area contributed by atoms with Crippen molar-refractivity contribution in [2.45, 2.75) is 48.9 Å². The average Bonchev–Trinajstić information content (AvgIpc) is 3.56. The standard InChI is InChI=1S/C25H32N4O8S3/c1-15-12-29(16(2)14-30)25(31)19-8-6-9-20(27-39(32,33)24-17(3)26-37-18(24)4)23(19)36-21(15)13-28(5)40(34,35)22-10-7-11-38-22/h6-11,15-16,21,27,30H,12-14H2,1-5H3/t15-,16-,21-/m1/s1. The van der Waals surface area contributed by atoms with Crippen molar-refractivity contribution in [2.75, 3.05) is 31.5 Å². The number of para-hydroxylation sites is 1. The van der Waals surface area contributed by atoms with Crippen molar-refractivity contribution in [3.63, 3.8) is 0 Å². The third-order valence-electron chi connectivity index (χ3n) is 6.77. The van der Waals surface area contributed by atoms with E-state index in [0.29, 0.717) is 0 Å². The second kappa shape index (κ2) is 11.5. The number of aryl methyl sites for hydroxylation is 2. The minimum absolute atomic E-state index is 0.00896. The van der Waals surface area contributed by atoms with Gasteiger partial charge >= 0.3 is 0 Å². The summed E-state index contributed by atoms with van der Waals surface area (Å²) in [5, 5.41) is 15.3. The molecule has 0 radical (unpaired) electrons. The van der Waals surface area contributed by atoms with E-state index in [1.54, 1.807) is 18.4 Å². The summed E-state index contributed by atoms with van der Waals surface area (Å²) in [5.74, 6) is -0.814. The number of ether oxygens (including phenoxy) is 1. The summed E-state index contributed by atoms with van der Waals surface area (Å²) in [4.78, 5) is 15.0. The van der Waals surface area contributed by atoms with Gasteiger partial charge in [0, 0.05) is 19.5 Å². The van der Waals surface area contributed by atoms with Gasteiger partial charge in [-0.25, -0.2) is 16.8 Å². The molecule has 0 spiro atoms. The van der Waals surface area contributed by atoms with Crippen molar-refractivity contribution < 1.29 is 36.0 Å². The highest BCUT2D eigenvalue weighted by atomic mass is 32.2. The fourth-order valence-corrected chi connectivity index (χ4v) is 8.29. The summed E-state index contributed by atoms with van der Waals surface area (Å²) in [7, 11) is -6.58. The van der Waals surface area contributed by atoms with Gasteiger partial charge in [-0.2, -0.15) is 4.31 Å². The van der Waals surface area contributed by atoms with E-state index < -0.39 is 44.0 Å². The maximum atomic E-state index is 13.7. The van der Waals surface area contributed by atoms with Crippen LogP contribution in [0.15, 0.2) is 49.3 Å². The number of hydrogen-bond donors (Lipinski definition) is 2. The predicted octanol–water partition coefficient (Wildman–Crippen LogP) is 2.69. The molecule has 0 fully saturated rings. The molecule has 40 heavy (non-hydrogen) atoms. The van der Waals surface area contributed by atoms with Crippen LogP contribution in [0.2, 0.25) is 0 Å². The van der Waals surface area contributed by atoms with Crippen molar-refractivity contribution >= 4 is 43.0 Å². The molecule has 0 aliphatic carbocycles. The fraction of sp³-hybridized carbons (Fsp3) is 0.440. The lowest BCUT2D eigenvalue weighted by Crippen LogP contribution is -2.50. The van der Waals surface area contributed by atoms with Crippen LogP contribution in [-0.4, -0.2) is 81.1 Å². The molecule has 4 rings (SSSR count). The number of aliphatic hydroxyl groups excluding tert-OH is 1. The molecule has 15 heteroatoms. The van der Waals surface area contributed by atoms with Gasteiger partial charge in [-0.15, -0.1) is 11.3 Å². The van der Waals surface area contributed by atoms with Gasteiger partial charge in [0.2, 0.25) is 0 Å². The molecular formula is C25H32N4O8S3. The normalized spacial score (nSPS) is 19.1. The Bertz CT molecular complexity index is 1570. The molecule has 2 aromatic heterocycles. The molecule has 12 nitrogen and oxygen atoms in total. The Morgan fingerprint density at radius 1 is 1.23 bits per heavy atom. The molecule has 218 valence electrons. The van der Waals surface area contributed by atoms with E-state index in [2.05, 4.69) is 9.88 Å². The summed E-state index contributed by atoms with van der Waals surface area (Å²) in [6, 6.07) is 7.07. The fourth-order valence-electron chi connectivity index (χ4n) is 4.51. The van der Waals surface area contributed by atoms with Gasteiger partial charge in [0.05, 0.1) is 30.4 Å². The number of nitrogens with zero attached hydrogens (tertiary/aromatic N) is 3. The Kier molecular flexibility index (Phi) is 8.61. The molecule has 0 saturated heterocycles. The van der Waals surface area contributed by atoms with E-state index in [1.165, 1.54) is 54.4 Å². The second-order valence-corrected chi connectivity index (χ2v) is 14.6. The number of aliphatic hydroxyl groups is 1. The van der Waals surface area contributed by atoms with Crippen LogP contribution in [0.3, 0.4) is 0 Å². The summed E-state index contributed by atoms with van der Waals surface area (Å²) < 4.78 is 68.3. The number of benzene rings is 1. The summed E-state index contributed by atoms with van der Waals surface area (Å²) in [6.07, 6.45) is -0.787. The predicted molar refractivity (Wildman–Crippen MR) is 149 cm³/mol. The van der Waals surface area contributed by atoms with Crippen LogP contribution in [0.4, 0.5) is 5.69 Å². The highest BCUT2D eigenvalue weighted by Crippen LogP contribution is 2.37. The number of sulfonamides is 2. The van der Waals surface area contributed by atoms with Gasteiger partial charge in [0.15, 0.2) is 16.4 Å². The van der Waals surface area contributed by atoms with Gasteiger partial charge in [0.25, 0.3) is 26.0 Å². The van der Waals surface area contributed by atoms with Crippen LogP contribution in [0, 0.1) is 19.8 Å². The lowest BCUT2D eigenvalue weighted by Gasteiger charge is -2.38. The molecule has 3 aromatic rings. The number of thiophene rings is 1. The molecule has 0 saturated carbocycles. The Hall–Kier alpha value is -2.98. The largest absolute Gasteiger partial charge is 0.486 e. The van der Waals surface area contributed by atoms with Crippen molar-refractivity contribution in [3.05, 3.63) is 52.7 Å². The first-order chi connectivity index (χ1) is 18.8. The zero-order chi connectivity index (χ0) is 29.4. The topological polar surface area (TPSA) is 159 Å². The number of likely N-dealkylation sites (N-methyl/N-ethyl adjacent to an activating group) is 1. The lowest BCUT2D eigenvalue weighted by atomic mass is 9.99. The van der Waals surface area contributed by atoms with Crippen LogP contribution in [-0.2, 0) is 20.0 Å². The Morgan fingerprint density at radius 3 is 2.55 bits per heavy atom. The third-order valence-corrected chi connectivity index (χ3v) is 11.6. The van der Waals surface area contributed by atoms with Crippen LogP contribution in [0.1, 0.15) is 35.7 Å². The molecule has 3 atom stereocenters. The van der Waals surface area contributed by atoms with E-state index in [-0.39, 0.29) is 57.3 Å². The van der Waals surface area contributed by atoms with Gasteiger partial charge in [-0.1, -0.05) is 24.2 Å². The molecular weight excluding hydrogens is 580 g/mol. The van der Waals surface area contributed by atoms with Crippen molar-refractivity contribution in [1.29, 1.82) is 0 Å². The van der Waals surface area contributed by atoms with Crippen molar-refractivity contribution in [3.8, 4) is 5.75 Å². The van der Waals surface area contributed by atoms with Crippen LogP contribution < -0.4 is 9.46 Å². The minimum atomic E-state index is -4.20. The van der Waals surface area contributed by atoms with Gasteiger partial charge in [-0.05, 0) is 44.4 Å². The first-order valence-electron chi connectivity index (χ1n) is 12.4. The smallest absolute Gasteiger partial charge is 0.267 e. The Balaban J connectivity index is 1.79. The van der Waals surface area contributed by atoms with Gasteiger partial charge < -0.3 is 19.3 Å². The lowest BCUT2D eigenvalue weighted by molar-refractivity contribution is 0.0389. The first kappa shape index (κ1) is 30.0. The average molecular weight is 613 g/mol. The number of rotatable bonds is 9. The van der Waals surface area contributed by atoms with E-state index in [1.807, 2.05) is 6.92 Å². The zero-order valence-corrected chi connectivity index (χ0v) is 25.1. The minimum Gasteiger partial charge on any atom is -0.486 e. The number of carbonyl (C=O) groups excluding carboxylic acids is 1. The second-order valence-electron chi connectivity index (χ2n) is 9.78. The number of carbonyl (C=O) groups is 1. The summed E-state index contributed by atoms with van der Waals surface area (Å²) in [5.41, 5.74) is 0.223. The number of amides is 1. The summed E-state index contributed by atoms with van der Waals surface area (Å²) >= 11 is 1.09. The van der Waals surface area contributed by atoms with E-state index in [4.69, 9.17) is 9.26 Å². The van der Waals surface area contributed by atoms with E-state index in [0.717, 1.165) is 11.3 Å². The van der Waals surface area contributed by atoms with Crippen LogP contribution in [0.25, 0.3) is 0 Å². The SMILES string of the molecule is Cc1noc(C)c1S(=O)(=O)Nc1cccc2c1O[C@H](CN(C)S(=O)(=O)c1cccs1)[C@H](C)CN([C@H](C)CO)C2=O. The monoisotopic (exact) mass is 612 g/mol. The summed E-state index contributed by atoms with van der Waals surface area (Å²) in [6.45, 7) is 6.26. The molecule has 1 aromatic carbocycles. The number of nitrogens with one attached hydrogen (secondary N) is 1. The van der Waals surface area contributed by atoms with Gasteiger partial charge in [-0.3, -0.25) is 9.52 Å². The Morgan fingerprint density at radius 2 is 1.95 bits per heavy atom.